The predicted octanol–water partition coefficient (Wildman–Crippen LogP) is 1.55. The molecule has 0 aromatic heterocycles. The Labute approximate surface area is 78.9 Å². The normalized spacial score (nSPS) is 13.0. The highest BCUT2D eigenvalue weighted by Crippen LogP contribution is 2.18. The number of rotatable bonds is 2. The second kappa shape index (κ2) is 3.98. The van der Waals surface area contributed by atoms with Gasteiger partial charge in [-0.1, -0.05) is 22.0 Å². The Balaban J connectivity index is 3.01. The molecule has 1 atom stereocenters. The average Bonchev–Trinajstić information content (AvgIpc) is 2.03. The maximum atomic E-state index is 13.1. The van der Waals surface area contributed by atoms with Crippen molar-refractivity contribution in [1.29, 1.82) is 0 Å². The Hall–Kier alpha value is -0.450. The van der Waals surface area contributed by atoms with E-state index < -0.39 is 6.04 Å². The first-order valence-electron chi connectivity index (χ1n) is 3.55. The topological polar surface area (TPSA) is 52.0 Å². The van der Waals surface area contributed by atoms with Crippen LogP contribution in [-0.4, -0.2) is 6.54 Å². The summed E-state index contributed by atoms with van der Waals surface area (Å²) in [5.41, 5.74) is 11.3. The van der Waals surface area contributed by atoms with E-state index in [1.807, 2.05) is 0 Å². The van der Waals surface area contributed by atoms with Gasteiger partial charge >= 0.3 is 0 Å². The van der Waals surface area contributed by atoms with E-state index in [1.165, 1.54) is 6.07 Å². The first kappa shape index (κ1) is 9.64. The highest BCUT2D eigenvalue weighted by Gasteiger charge is 2.08. The van der Waals surface area contributed by atoms with Gasteiger partial charge in [0, 0.05) is 22.6 Å². The summed E-state index contributed by atoms with van der Waals surface area (Å²) in [6.45, 7) is 0.249. The lowest BCUT2D eigenvalue weighted by atomic mass is 10.1. The van der Waals surface area contributed by atoms with E-state index in [1.54, 1.807) is 12.1 Å². The predicted molar refractivity (Wildman–Crippen MR) is 50.1 cm³/mol. The zero-order valence-electron chi connectivity index (χ0n) is 6.43. The first-order chi connectivity index (χ1) is 5.65. The average molecular weight is 233 g/mol. The number of hydrogen-bond donors (Lipinski definition) is 2. The van der Waals surface area contributed by atoms with E-state index in [0.29, 0.717) is 10.0 Å². The Morgan fingerprint density at radius 1 is 1.50 bits per heavy atom. The van der Waals surface area contributed by atoms with E-state index in [4.69, 9.17) is 11.5 Å². The van der Waals surface area contributed by atoms with Crippen molar-refractivity contribution in [1.82, 2.24) is 0 Å². The van der Waals surface area contributed by atoms with Crippen molar-refractivity contribution in [3.63, 3.8) is 0 Å². The molecule has 12 heavy (non-hydrogen) atoms. The molecule has 66 valence electrons. The summed E-state index contributed by atoms with van der Waals surface area (Å²) in [6.07, 6.45) is 0. The van der Waals surface area contributed by atoms with Crippen LogP contribution in [0.2, 0.25) is 0 Å². The Bertz CT molecular complexity index is 278. The van der Waals surface area contributed by atoms with Crippen LogP contribution < -0.4 is 11.5 Å². The molecule has 4 heteroatoms. The molecular weight excluding hydrogens is 223 g/mol. The van der Waals surface area contributed by atoms with Gasteiger partial charge in [0.2, 0.25) is 0 Å². The lowest BCUT2D eigenvalue weighted by molar-refractivity contribution is 0.583. The van der Waals surface area contributed by atoms with Crippen molar-refractivity contribution in [2.75, 3.05) is 6.54 Å². The number of halogens is 2. The van der Waals surface area contributed by atoms with Crippen LogP contribution in [0.3, 0.4) is 0 Å². The third-order valence-corrected chi connectivity index (χ3v) is 2.11. The maximum absolute atomic E-state index is 13.1. The summed E-state index contributed by atoms with van der Waals surface area (Å²) in [5, 5.41) is 0. The molecule has 0 bridgehead atoms. The molecule has 1 rings (SSSR count). The molecule has 0 radical (unpaired) electrons. The van der Waals surface area contributed by atoms with E-state index in [2.05, 4.69) is 15.9 Å². The Morgan fingerprint density at radius 2 is 2.17 bits per heavy atom. The fourth-order valence-electron chi connectivity index (χ4n) is 0.929. The van der Waals surface area contributed by atoms with E-state index in [-0.39, 0.29) is 12.4 Å². The van der Waals surface area contributed by atoms with Crippen LogP contribution in [0.1, 0.15) is 11.6 Å². The number of hydrogen-bond acceptors (Lipinski definition) is 2. The molecule has 0 heterocycles. The third-order valence-electron chi connectivity index (χ3n) is 1.62. The molecule has 0 amide bonds. The minimum absolute atomic E-state index is 0.249. The molecule has 2 nitrogen and oxygen atoms in total. The van der Waals surface area contributed by atoms with Crippen molar-refractivity contribution >= 4 is 15.9 Å². The summed E-state index contributed by atoms with van der Waals surface area (Å²) < 4.78 is 13.8. The highest BCUT2D eigenvalue weighted by atomic mass is 79.9. The maximum Gasteiger partial charge on any atom is 0.129 e. The molecule has 0 aliphatic carbocycles. The second-order valence-electron chi connectivity index (χ2n) is 2.51. The lowest BCUT2D eigenvalue weighted by Crippen LogP contribution is -2.21. The van der Waals surface area contributed by atoms with Gasteiger partial charge in [-0.25, -0.2) is 4.39 Å². The molecule has 0 unspecified atom stereocenters. The SMILES string of the molecule is NC[C@@H](N)c1ccc(Br)cc1F. The quantitative estimate of drug-likeness (QED) is 0.814. The fourth-order valence-corrected chi connectivity index (χ4v) is 1.26. The summed E-state index contributed by atoms with van der Waals surface area (Å²) in [6, 6.07) is 4.34. The molecule has 4 N–H and O–H groups in total. The van der Waals surface area contributed by atoms with E-state index in [9.17, 15) is 4.39 Å². The van der Waals surface area contributed by atoms with Gasteiger partial charge in [0.25, 0.3) is 0 Å². The van der Waals surface area contributed by atoms with Crippen LogP contribution in [0, 0.1) is 5.82 Å². The molecule has 0 fully saturated rings. The molecule has 1 aromatic rings. The van der Waals surface area contributed by atoms with Crippen molar-refractivity contribution in [3.05, 3.63) is 34.1 Å². The van der Waals surface area contributed by atoms with E-state index in [0.717, 1.165) is 0 Å². The molecular formula is C8H10BrFN2. The Kier molecular flexibility index (Phi) is 3.20. The third kappa shape index (κ3) is 2.03. The van der Waals surface area contributed by atoms with Crippen LogP contribution in [0.4, 0.5) is 4.39 Å². The van der Waals surface area contributed by atoms with Gasteiger partial charge in [-0.2, -0.15) is 0 Å². The van der Waals surface area contributed by atoms with E-state index >= 15 is 0 Å². The van der Waals surface area contributed by atoms with Crippen LogP contribution in [0.5, 0.6) is 0 Å². The van der Waals surface area contributed by atoms with Gasteiger partial charge in [-0.05, 0) is 12.1 Å². The van der Waals surface area contributed by atoms with Gasteiger partial charge in [0.15, 0.2) is 0 Å². The largest absolute Gasteiger partial charge is 0.329 e. The Morgan fingerprint density at radius 3 is 2.67 bits per heavy atom. The summed E-state index contributed by atoms with van der Waals surface area (Å²) in [7, 11) is 0. The summed E-state index contributed by atoms with van der Waals surface area (Å²) >= 11 is 3.16. The monoisotopic (exact) mass is 232 g/mol. The van der Waals surface area contributed by atoms with Crippen LogP contribution in [-0.2, 0) is 0 Å². The molecule has 0 spiro atoms. The molecule has 0 saturated carbocycles. The van der Waals surface area contributed by atoms with Gasteiger partial charge in [-0.3, -0.25) is 0 Å². The lowest BCUT2D eigenvalue weighted by Gasteiger charge is -2.09. The first-order valence-corrected chi connectivity index (χ1v) is 4.35. The molecule has 1 aromatic carbocycles. The molecule has 0 saturated heterocycles. The van der Waals surface area contributed by atoms with Crippen molar-refractivity contribution in [3.8, 4) is 0 Å². The van der Waals surface area contributed by atoms with Crippen LogP contribution >= 0.6 is 15.9 Å². The molecule has 0 aliphatic heterocycles. The standard InChI is InChI=1S/C8H10BrFN2/c9-5-1-2-6(7(10)3-5)8(12)4-11/h1-3,8H,4,11-12H2/t8-/m1/s1. The fraction of sp³-hybridized carbons (Fsp3) is 0.250. The minimum Gasteiger partial charge on any atom is -0.329 e. The smallest absolute Gasteiger partial charge is 0.129 e. The van der Waals surface area contributed by atoms with Gasteiger partial charge in [0.1, 0.15) is 5.82 Å². The summed E-state index contributed by atoms with van der Waals surface area (Å²) in [5.74, 6) is -0.317. The van der Waals surface area contributed by atoms with Crippen molar-refractivity contribution < 1.29 is 4.39 Å². The van der Waals surface area contributed by atoms with Gasteiger partial charge < -0.3 is 11.5 Å². The highest BCUT2D eigenvalue weighted by molar-refractivity contribution is 9.10. The zero-order chi connectivity index (χ0) is 9.14. The summed E-state index contributed by atoms with van der Waals surface area (Å²) in [4.78, 5) is 0. The zero-order valence-corrected chi connectivity index (χ0v) is 8.01. The van der Waals surface area contributed by atoms with Crippen LogP contribution in [0.25, 0.3) is 0 Å². The second-order valence-corrected chi connectivity index (χ2v) is 3.42. The van der Waals surface area contributed by atoms with Crippen LogP contribution in [0.15, 0.2) is 22.7 Å². The number of benzene rings is 1. The van der Waals surface area contributed by atoms with Crippen molar-refractivity contribution in [2.24, 2.45) is 11.5 Å². The van der Waals surface area contributed by atoms with Crippen molar-refractivity contribution in [2.45, 2.75) is 6.04 Å². The number of nitrogens with two attached hydrogens (primary N) is 2. The van der Waals surface area contributed by atoms with Gasteiger partial charge in [-0.15, -0.1) is 0 Å². The minimum atomic E-state index is -0.418. The molecule has 0 aliphatic rings. The van der Waals surface area contributed by atoms with Gasteiger partial charge in [0.05, 0.1) is 0 Å².